The van der Waals surface area contributed by atoms with Gasteiger partial charge in [0.15, 0.2) is 0 Å². The van der Waals surface area contributed by atoms with E-state index in [0.29, 0.717) is 9.76 Å². The molecule has 0 bridgehead atoms. The Morgan fingerprint density at radius 2 is 2.38 bits per heavy atom. The third-order valence-corrected chi connectivity index (χ3v) is 1.98. The number of alkyl halides is 1. The van der Waals surface area contributed by atoms with Crippen molar-refractivity contribution in [3.63, 3.8) is 0 Å². The summed E-state index contributed by atoms with van der Waals surface area (Å²) in [6.07, 6.45) is 1.08. The minimum absolute atomic E-state index is 0.655. The molecule has 0 saturated heterocycles. The molecule has 1 nitrogen and oxygen atoms in total. The molecule has 0 aliphatic carbocycles. The summed E-state index contributed by atoms with van der Waals surface area (Å²) in [5.41, 5.74) is 0. The third-order valence-electron chi connectivity index (χ3n) is 0.659. The van der Waals surface area contributed by atoms with Crippen LogP contribution in [0.5, 0.6) is 0 Å². The van der Waals surface area contributed by atoms with Crippen LogP contribution in [0.25, 0.3) is 0 Å². The van der Waals surface area contributed by atoms with Gasteiger partial charge in [0.05, 0.1) is 0 Å². The fraction of sp³-hybridized carbons (Fsp3) is 1.00. The molecule has 0 aliphatic rings. The molecule has 0 heterocycles. The third kappa shape index (κ3) is 6.47. The van der Waals surface area contributed by atoms with Crippen LogP contribution in [-0.2, 0) is 4.43 Å². The Morgan fingerprint density at radius 1 is 1.62 bits per heavy atom. The van der Waals surface area contributed by atoms with Crippen LogP contribution in [0.3, 0.4) is 0 Å². The van der Waals surface area contributed by atoms with Crippen molar-refractivity contribution in [2.45, 2.75) is 19.4 Å². The van der Waals surface area contributed by atoms with Crippen molar-refractivity contribution >= 4 is 21.4 Å². The van der Waals surface area contributed by atoms with E-state index in [9.17, 15) is 0 Å². The lowest BCUT2D eigenvalue weighted by Crippen LogP contribution is -1.96. The van der Waals surface area contributed by atoms with Crippen molar-refractivity contribution < 1.29 is 4.43 Å². The quantitative estimate of drug-likeness (QED) is 0.329. The highest BCUT2D eigenvalue weighted by atomic mass is 35.5. The van der Waals surface area contributed by atoms with E-state index in [1.807, 2.05) is 6.92 Å². The van der Waals surface area contributed by atoms with E-state index in [4.69, 9.17) is 16.0 Å². The Kier molecular flexibility index (Phi) is 7.90. The minimum atomic E-state index is 0.655. The molecule has 3 heteroatoms. The van der Waals surface area contributed by atoms with Crippen molar-refractivity contribution in [3.8, 4) is 0 Å². The molecule has 0 saturated carbocycles. The zero-order valence-corrected chi connectivity index (χ0v) is 6.87. The fourth-order valence-corrected chi connectivity index (χ4v) is 1.34. The first-order valence-corrected chi connectivity index (χ1v) is 4.47. The summed E-state index contributed by atoms with van der Waals surface area (Å²) < 4.78 is 5.10. The summed E-state index contributed by atoms with van der Waals surface area (Å²) in [7, 11) is 0.655. The van der Waals surface area contributed by atoms with Crippen molar-refractivity contribution in [2.24, 2.45) is 0 Å². The second kappa shape index (κ2) is 7.47. The molecule has 8 heavy (non-hydrogen) atoms. The van der Waals surface area contributed by atoms with Gasteiger partial charge in [0.25, 0.3) is 0 Å². The predicted octanol–water partition coefficient (Wildman–Crippen LogP) is 1.69. The van der Waals surface area contributed by atoms with Gasteiger partial charge in [0.1, 0.15) is 0 Å². The van der Waals surface area contributed by atoms with Crippen molar-refractivity contribution in [2.75, 3.05) is 12.5 Å². The second-order valence-electron chi connectivity index (χ2n) is 1.37. The average Bonchev–Trinajstić information content (AvgIpc) is 1.81. The van der Waals surface area contributed by atoms with Crippen LogP contribution in [0.15, 0.2) is 0 Å². The number of halogens is 1. The first-order chi connectivity index (χ1) is 3.91. The van der Waals surface area contributed by atoms with Gasteiger partial charge in [-0.1, -0.05) is 0 Å². The van der Waals surface area contributed by atoms with E-state index in [1.165, 1.54) is 0 Å². The van der Waals surface area contributed by atoms with Crippen molar-refractivity contribution in [1.29, 1.82) is 0 Å². The van der Waals surface area contributed by atoms with E-state index < -0.39 is 0 Å². The van der Waals surface area contributed by atoms with Gasteiger partial charge >= 0.3 is 0 Å². The highest BCUT2D eigenvalue weighted by Gasteiger charge is 1.87. The van der Waals surface area contributed by atoms with Gasteiger partial charge in [-0.25, -0.2) is 0 Å². The number of hydrogen-bond donors (Lipinski definition) is 0. The van der Waals surface area contributed by atoms with E-state index in [-0.39, 0.29) is 0 Å². The van der Waals surface area contributed by atoms with Gasteiger partial charge in [-0.05, 0) is 19.4 Å². The second-order valence-corrected chi connectivity index (χ2v) is 2.83. The maximum atomic E-state index is 5.43. The van der Waals surface area contributed by atoms with Crippen molar-refractivity contribution in [3.05, 3.63) is 0 Å². The van der Waals surface area contributed by atoms with Crippen LogP contribution < -0.4 is 0 Å². The molecule has 0 rings (SSSR count). The molecular formula is C5H11ClOSi. The molecule has 0 fully saturated rings. The maximum absolute atomic E-state index is 5.43. The molecule has 0 aromatic carbocycles. The van der Waals surface area contributed by atoms with Gasteiger partial charge in [-0.2, -0.15) is 0 Å². The summed E-state index contributed by atoms with van der Waals surface area (Å²) in [6, 6.07) is 1.12. The molecule has 0 spiro atoms. The SMILES string of the molecule is CCO[Si]CCCCl. The number of rotatable bonds is 5. The lowest BCUT2D eigenvalue weighted by Gasteiger charge is -1.93. The van der Waals surface area contributed by atoms with Gasteiger partial charge < -0.3 is 4.43 Å². The van der Waals surface area contributed by atoms with Crippen LogP contribution >= 0.6 is 11.6 Å². The van der Waals surface area contributed by atoms with Crippen LogP contribution in [0.1, 0.15) is 13.3 Å². The normalized spacial score (nSPS) is 9.75. The van der Waals surface area contributed by atoms with Crippen LogP contribution in [0.2, 0.25) is 6.04 Å². The lowest BCUT2D eigenvalue weighted by atomic mass is 10.6. The van der Waals surface area contributed by atoms with E-state index >= 15 is 0 Å². The van der Waals surface area contributed by atoms with Crippen molar-refractivity contribution in [1.82, 2.24) is 0 Å². The average molecular weight is 151 g/mol. The lowest BCUT2D eigenvalue weighted by molar-refractivity contribution is 0.359. The molecule has 0 aliphatic heterocycles. The Balaban J connectivity index is 2.53. The molecular weight excluding hydrogens is 140 g/mol. The Bertz CT molecular complexity index is 37.4. The number of hydrogen-bond acceptors (Lipinski definition) is 1. The molecule has 0 aromatic rings. The largest absolute Gasteiger partial charge is 0.418 e. The van der Waals surface area contributed by atoms with Gasteiger partial charge in [-0.15, -0.1) is 11.6 Å². The smallest absolute Gasteiger partial charge is 0.229 e. The summed E-state index contributed by atoms with van der Waals surface area (Å²) in [5.74, 6) is 0.764. The van der Waals surface area contributed by atoms with E-state index in [0.717, 1.165) is 25.0 Å². The molecule has 0 amide bonds. The highest BCUT2D eigenvalue weighted by molar-refractivity contribution is 6.27. The topological polar surface area (TPSA) is 9.23 Å². The summed E-state index contributed by atoms with van der Waals surface area (Å²) in [5, 5.41) is 0. The van der Waals surface area contributed by atoms with Crippen LogP contribution in [-0.4, -0.2) is 22.3 Å². The molecule has 0 unspecified atom stereocenters. The fourth-order valence-electron chi connectivity index (χ4n) is 0.313. The van der Waals surface area contributed by atoms with Crippen LogP contribution in [0, 0.1) is 0 Å². The Hall–Kier alpha value is 0.467. The van der Waals surface area contributed by atoms with E-state index in [2.05, 4.69) is 0 Å². The summed E-state index contributed by atoms with van der Waals surface area (Å²) >= 11 is 5.43. The Labute approximate surface area is 58.3 Å². The molecule has 0 atom stereocenters. The predicted molar refractivity (Wildman–Crippen MR) is 37.5 cm³/mol. The standard InChI is InChI=1S/C5H11ClOSi/c1-2-7-8-5-3-4-6/h2-5H2,1H3. The first kappa shape index (κ1) is 8.47. The van der Waals surface area contributed by atoms with Crippen LogP contribution in [0.4, 0.5) is 0 Å². The molecule has 0 N–H and O–H groups in total. The highest BCUT2D eigenvalue weighted by Crippen LogP contribution is 1.90. The van der Waals surface area contributed by atoms with E-state index in [1.54, 1.807) is 0 Å². The van der Waals surface area contributed by atoms with Gasteiger partial charge in [-0.3, -0.25) is 0 Å². The zero-order valence-electron chi connectivity index (χ0n) is 5.11. The molecule has 2 radical (unpaired) electrons. The Morgan fingerprint density at radius 3 is 2.88 bits per heavy atom. The minimum Gasteiger partial charge on any atom is -0.418 e. The molecule has 48 valence electrons. The monoisotopic (exact) mass is 150 g/mol. The summed E-state index contributed by atoms with van der Waals surface area (Å²) in [4.78, 5) is 0. The van der Waals surface area contributed by atoms with Gasteiger partial charge in [0.2, 0.25) is 9.76 Å². The van der Waals surface area contributed by atoms with Gasteiger partial charge in [0, 0.05) is 12.5 Å². The summed E-state index contributed by atoms with van der Waals surface area (Å²) in [6.45, 7) is 2.84. The zero-order chi connectivity index (χ0) is 6.24. The maximum Gasteiger partial charge on any atom is 0.229 e. The molecule has 0 aromatic heterocycles. The first-order valence-electron chi connectivity index (χ1n) is 2.82.